The molecule has 0 bridgehead atoms. The van der Waals surface area contributed by atoms with E-state index in [9.17, 15) is 0 Å². The van der Waals surface area contributed by atoms with E-state index in [1.807, 2.05) is 36.4 Å². The Balaban J connectivity index is 1.81. The molecule has 0 aliphatic rings. The first-order chi connectivity index (χ1) is 8.86. The second-order valence-electron chi connectivity index (χ2n) is 4.20. The Morgan fingerprint density at radius 1 is 0.944 bits per heavy atom. The maximum Gasteiger partial charge on any atom is 0.0801 e. The minimum Gasteiger partial charge on any atom is -0.370 e. The minimum absolute atomic E-state index is 0.131. The Bertz CT molecular complexity index is 473. The Morgan fingerprint density at radius 2 is 1.56 bits per heavy atom. The minimum atomic E-state index is 0.131. The monoisotopic (exact) mass is 238 g/mol. The lowest BCUT2D eigenvalue weighted by molar-refractivity contribution is 0.0889. The summed E-state index contributed by atoms with van der Waals surface area (Å²) in [5, 5.41) is 0. The van der Waals surface area contributed by atoms with Crippen molar-refractivity contribution in [2.45, 2.75) is 13.0 Å². The van der Waals surface area contributed by atoms with Crippen LogP contribution in [0.4, 0.5) is 0 Å². The van der Waals surface area contributed by atoms with Crippen LogP contribution in [0, 0.1) is 0 Å². The Morgan fingerprint density at radius 3 is 2.22 bits per heavy atom. The van der Waals surface area contributed by atoms with Crippen molar-refractivity contribution in [2.75, 3.05) is 6.61 Å². The van der Waals surface area contributed by atoms with Crippen molar-refractivity contribution in [3.63, 3.8) is 0 Å². The van der Waals surface area contributed by atoms with Crippen LogP contribution in [0.25, 0.3) is 6.08 Å². The zero-order valence-corrected chi connectivity index (χ0v) is 10.6. The van der Waals surface area contributed by atoms with Crippen LogP contribution in [-0.2, 0) is 4.74 Å². The fourth-order valence-electron chi connectivity index (χ4n) is 1.77. The first kappa shape index (κ1) is 12.6. The second kappa shape index (κ2) is 6.77. The van der Waals surface area contributed by atoms with E-state index >= 15 is 0 Å². The smallest absolute Gasteiger partial charge is 0.0801 e. The summed E-state index contributed by atoms with van der Waals surface area (Å²) in [6.07, 6.45) is 4.26. The van der Waals surface area contributed by atoms with E-state index in [4.69, 9.17) is 4.74 Å². The lowest BCUT2D eigenvalue weighted by Gasteiger charge is -2.11. The van der Waals surface area contributed by atoms with Crippen molar-refractivity contribution in [1.29, 1.82) is 0 Å². The van der Waals surface area contributed by atoms with Gasteiger partial charge in [-0.05, 0) is 18.1 Å². The predicted molar refractivity (Wildman–Crippen MR) is 76.3 cm³/mol. The van der Waals surface area contributed by atoms with Gasteiger partial charge in [-0.2, -0.15) is 0 Å². The highest BCUT2D eigenvalue weighted by atomic mass is 16.5. The zero-order valence-electron chi connectivity index (χ0n) is 10.6. The molecule has 0 amide bonds. The van der Waals surface area contributed by atoms with Crippen molar-refractivity contribution in [3.8, 4) is 0 Å². The predicted octanol–water partition coefficient (Wildman–Crippen LogP) is 4.48. The number of hydrogen-bond acceptors (Lipinski definition) is 1. The van der Waals surface area contributed by atoms with Gasteiger partial charge in [0.1, 0.15) is 0 Å². The molecule has 1 nitrogen and oxygen atoms in total. The third-order valence-electron chi connectivity index (χ3n) is 2.82. The molecule has 18 heavy (non-hydrogen) atoms. The van der Waals surface area contributed by atoms with Crippen LogP contribution in [-0.4, -0.2) is 6.61 Å². The number of hydrogen-bond donors (Lipinski definition) is 0. The molecule has 0 radical (unpaired) electrons. The lowest BCUT2D eigenvalue weighted by atomic mass is 10.1. The summed E-state index contributed by atoms with van der Waals surface area (Å²) in [7, 11) is 0. The van der Waals surface area contributed by atoms with Crippen molar-refractivity contribution in [1.82, 2.24) is 0 Å². The fourth-order valence-corrected chi connectivity index (χ4v) is 1.77. The van der Waals surface area contributed by atoms with E-state index in [2.05, 4.69) is 43.3 Å². The molecule has 0 fully saturated rings. The molecule has 0 unspecified atom stereocenters. The molecular formula is C17H18O. The molecule has 92 valence electrons. The molecule has 0 aliphatic heterocycles. The summed E-state index contributed by atoms with van der Waals surface area (Å²) >= 11 is 0. The Labute approximate surface area is 109 Å². The highest BCUT2D eigenvalue weighted by molar-refractivity contribution is 5.48. The number of ether oxygens (including phenoxy) is 1. The Kier molecular flexibility index (Phi) is 4.74. The van der Waals surface area contributed by atoms with Crippen LogP contribution in [0.2, 0.25) is 0 Å². The number of rotatable bonds is 5. The van der Waals surface area contributed by atoms with Gasteiger partial charge in [0.2, 0.25) is 0 Å². The van der Waals surface area contributed by atoms with Crippen molar-refractivity contribution in [3.05, 3.63) is 77.9 Å². The molecule has 1 heteroatoms. The van der Waals surface area contributed by atoms with Gasteiger partial charge in [0.05, 0.1) is 12.7 Å². The van der Waals surface area contributed by atoms with Gasteiger partial charge in [0.25, 0.3) is 0 Å². The SMILES string of the molecule is C[C@@H](OCC=Cc1ccccc1)c1ccccc1. The maximum absolute atomic E-state index is 5.76. The van der Waals surface area contributed by atoms with Gasteiger partial charge < -0.3 is 4.74 Å². The van der Waals surface area contributed by atoms with Gasteiger partial charge >= 0.3 is 0 Å². The van der Waals surface area contributed by atoms with Gasteiger partial charge in [-0.25, -0.2) is 0 Å². The molecule has 0 aliphatic carbocycles. The van der Waals surface area contributed by atoms with Gasteiger partial charge in [0.15, 0.2) is 0 Å². The molecule has 0 saturated carbocycles. The zero-order chi connectivity index (χ0) is 12.6. The first-order valence-electron chi connectivity index (χ1n) is 6.24. The van der Waals surface area contributed by atoms with E-state index in [0.29, 0.717) is 6.61 Å². The molecule has 0 aromatic heterocycles. The average Bonchev–Trinajstić information content (AvgIpc) is 2.45. The summed E-state index contributed by atoms with van der Waals surface area (Å²) in [5.74, 6) is 0. The van der Waals surface area contributed by atoms with Crippen LogP contribution in [0.5, 0.6) is 0 Å². The summed E-state index contributed by atoms with van der Waals surface area (Å²) in [5.41, 5.74) is 2.42. The molecular weight excluding hydrogens is 220 g/mol. The van der Waals surface area contributed by atoms with Crippen LogP contribution in [0.3, 0.4) is 0 Å². The van der Waals surface area contributed by atoms with Crippen LogP contribution >= 0.6 is 0 Å². The third kappa shape index (κ3) is 3.86. The topological polar surface area (TPSA) is 9.23 Å². The van der Waals surface area contributed by atoms with E-state index in [1.54, 1.807) is 0 Å². The molecule has 2 aromatic rings. The summed E-state index contributed by atoms with van der Waals surface area (Å²) < 4.78 is 5.76. The molecule has 2 rings (SSSR count). The first-order valence-corrected chi connectivity index (χ1v) is 6.24. The van der Waals surface area contributed by atoms with Crippen LogP contribution < -0.4 is 0 Å². The summed E-state index contributed by atoms with van der Waals surface area (Å²) in [6.45, 7) is 2.71. The van der Waals surface area contributed by atoms with E-state index < -0.39 is 0 Å². The normalized spacial score (nSPS) is 12.7. The molecule has 0 saturated heterocycles. The van der Waals surface area contributed by atoms with Gasteiger partial charge in [-0.1, -0.05) is 72.8 Å². The quantitative estimate of drug-likeness (QED) is 0.746. The Hall–Kier alpha value is -1.86. The van der Waals surface area contributed by atoms with Crippen molar-refractivity contribution in [2.24, 2.45) is 0 Å². The van der Waals surface area contributed by atoms with E-state index in [0.717, 1.165) is 0 Å². The highest BCUT2D eigenvalue weighted by Gasteiger charge is 2.02. The molecule has 2 aromatic carbocycles. The maximum atomic E-state index is 5.76. The van der Waals surface area contributed by atoms with E-state index in [1.165, 1.54) is 11.1 Å². The van der Waals surface area contributed by atoms with Crippen molar-refractivity contribution < 1.29 is 4.74 Å². The van der Waals surface area contributed by atoms with Crippen molar-refractivity contribution >= 4 is 6.08 Å². The average molecular weight is 238 g/mol. The van der Waals surface area contributed by atoms with Gasteiger partial charge in [-0.15, -0.1) is 0 Å². The fraction of sp³-hybridized carbons (Fsp3) is 0.176. The lowest BCUT2D eigenvalue weighted by Crippen LogP contribution is -1.99. The molecule has 0 heterocycles. The van der Waals surface area contributed by atoms with E-state index in [-0.39, 0.29) is 6.10 Å². The molecule has 1 atom stereocenters. The number of benzene rings is 2. The molecule has 0 spiro atoms. The second-order valence-corrected chi connectivity index (χ2v) is 4.20. The third-order valence-corrected chi connectivity index (χ3v) is 2.82. The largest absolute Gasteiger partial charge is 0.370 e. The highest BCUT2D eigenvalue weighted by Crippen LogP contribution is 2.15. The van der Waals surface area contributed by atoms with Gasteiger partial charge in [0, 0.05) is 0 Å². The van der Waals surface area contributed by atoms with Gasteiger partial charge in [-0.3, -0.25) is 0 Å². The summed E-state index contributed by atoms with van der Waals surface area (Å²) in [6, 6.07) is 20.5. The van der Waals surface area contributed by atoms with Crippen LogP contribution in [0.1, 0.15) is 24.2 Å². The standard InChI is InChI=1S/C17H18O/c1-15(17-12-6-3-7-13-17)18-14-8-11-16-9-4-2-5-10-16/h2-13,15H,14H2,1H3/t15-/m1/s1. The molecule has 0 N–H and O–H groups in total. The summed E-state index contributed by atoms with van der Waals surface area (Å²) in [4.78, 5) is 0. The van der Waals surface area contributed by atoms with Crippen LogP contribution in [0.15, 0.2) is 66.7 Å².